The van der Waals surface area contributed by atoms with Gasteiger partial charge in [-0.2, -0.15) is 0 Å². The average molecular weight is 208 g/mol. The molecule has 0 saturated carbocycles. The zero-order valence-electron chi connectivity index (χ0n) is 7.81. The highest BCUT2D eigenvalue weighted by molar-refractivity contribution is 6.07. The number of Topliss-reactive ketones (excluding diaryl/α,β-unsaturated/α-hetero) is 1. The highest BCUT2D eigenvalue weighted by Crippen LogP contribution is 2.32. The summed E-state index contributed by atoms with van der Waals surface area (Å²) < 4.78 is 18.1. The van der Waals surface area contributed by atoms with E-state index in [9.17, 15) is 9.18 Å². The fourth-order valence-corrected chi connectivity index (χ4v) is 1.61. The molecule has 1 heterocycles. The highest BCUT2D eigenvalue weighted by atomic mass is 19.1. The summed E-state index contributed by atoms with van der Waals surface area (Å²) in [4.78, 5) is 11.2. The van der Waals surface area contributed by atoms with E-state index in [2.05, 4.69) is 0 Å². The second-order valence-corrected chi connectivity index (χ2v) is 3.37. The molecule has 1 aromatic rings. The third-order valence-electron chi connectivity index (χ3n) is 2.42. The lowest BCUT2D eigenvalue weighted by Crippen LogP contribution is -2.13. The van der Waals surface area contributed by atoms with Crippen molar-refractivity contribution in [1.82, 2.24) is 0 Å². The molecule has 2 rings (SSSR count). The van der Waals surface area contributed by atoms with Crippen LogP contribution in [-0.2, 0) is 4.79 Å². The molecule has 1 atom stereocenters. The van der Waals surface area contributed by atoms with Gasteiger partial charge < -0.3 is 9.52 Å². The molecule has 1 unspecified atom stereocenters. The van der Waals surface area contributed by atoms with Gasteiger partial charge in [-0.05, 0) is 24.1 Å². The fourth-order valence-electron chi connectivity index (χ4n) is 1.61. The monoisotopic (exact) mass is 208 g/mol. The van der Waals surface area contributed by atoms with Crippen molar-refractivity contribution in [2.24, 2.45) is 0 Å². The minimum Gasteiger partial charge on any atom is -0.515 e. The number of aliphatic hydroxyl groups is 1. The van der Waals surface area contributed by atoms with E-state index in [0.717, 1.165) is 5.56 Å². The Bertz CT molecular complexity index is 429. The van der Waals surface area contributed by atoms with Gasteiger partial charge in [0, 0.05) is 11.5 Å². The van der Waals surface area contributed by atoms with Crippen LogP contribution < -0.4 is 0 Å². The van der Waals surface area contributed by atoms with E-state index < -0.39 is 11.6 Å². The van der Waals surface area contributed by atoms with Crippen molar-refractivity contribution in [2.75, 3.05) is 0 Å². The summed E-state index contributed by atoms with van der Waals surface area (Å²) in [5.41, 5.74) is 0.873. The van der Waals surface area contributed by atoms with Crippen molar-refractivity contribution in [3.8, 4) is 0 Å². The Hall–Kier alpha value is -1.84. The topological polar surface area (TPSA) is 50.4 Å². The van der Waals surface area contributed by atoms with Gasteiger partial charge in [-0.3, -0.25) is 4.79 Å². The van der Waals surface area contributed by atoms with Crippen molar-refractivity contribution >= 4 is 5.78 Å². The largest absolute Gasteiger partial charge is 0.515 e. The van der Waals surface area contributed by atoms with E-state index in [1.165, 1.54) is 18.6 Å². The van der Waals surface area contributed by atoms with Crippen LogP contribution in [-0.4, -0.2) is 10.9 Å². The number of rotatable bonds is 1. The molecular weight excluding hydrogens is 199 g/mol. The van der Waals surface area contributed by atoms with E-state index in [1.54, 1.807) is 6.07 Å². The Morgan fingerprint density at radius 2 is 2.40 bits per heavy atom. The molecule has 15 heavy (non-hydrogen) atoms. The predicted octanol–water partition coefficient (Wildman–Crippen LogP) is 2.63. The number of hydrogen-bond donors (Lipinski definition) is 1. The summed E-state index contributed by atoms with van der Waals surface area (Å²) in [5.74, 6) is -1.81. The molecule has 0 aromatic carbocycles. The van der Waals surface area contributed by atoms with Gasteiger partial charge in [0.25, 0.3) is 0 Å². The van der Waals surface area contributed by atoms with Crippen LogP contribution in [0.1, 0.15) is 17.9 Å². The molecule has 1 aliphatic rings. The minimum absolute atomic E-state index is 0.0844. The van der Waals surface area contributed by atoms with Gasteiger partial charge in [0.2, 0.25) is 5.78 Å². The molecular formula is C11H9FO3. The van der Waals surface area contributed by atoms with Crippen molar-refractivity contribution in [2.45, 2.75) is 12.3 Å². The Labute approximate surface area is 85.5 Å². The van der Waals surface area contributed by atoms with Crippen LogP contribution in [0.2, 0.25) is 0 Å². The smallest absolute Gasteiger partial charge is 0.220 e. The van der Waals surface area contributed by atoms with E-state index in [4.69, 9.17) is 9.52 Å². The number of halogens is 1. The van der Waals surface area contributed by atoms with Gasteiger partial charge in [0.1, 0.15) is 0 Å². The van der Waals surface area contributed by atoms with Crippen LogP contribution in [0.3, 0.4) is 0 Å². The van der Waals surface area contributed by atoms with E-state index in [0.29, 0.717) is 12.7 Å². The summed E-state index contributed by atoms with van der Waals surface area (Å²) in [7, 11) is 0. The van der Waals surface area contributed by atoms with Crippen LogP contribution in [0, 0.1) is 0 Å². The number of carbonyl (C=O) groups is 1. The number of allylic oxidation sites excluding steroid dienone is 3. The van der Waals surface area contributed by atoms with Crippen LogP contribution in [0.25, 0.3) is 0 Å². The van der Waals surface area contributed by atoms with Crippen molar-refractivity contribution < 1.29 is 18.7 Å². The summed E-state index contributed by atoms with van der Waals surface area (Å²) >= 11 is 0. The number of ketones is 1. The first-order valence-electron chi connectivity index (χ1n) is 4.49. The first-order valence-corrected chi connectivity index (χ1v) is 4.49. The Morgan fingerprint density at radius 1 is 1.60 bits per heavy atom. The first kappa shape index (κ1) is 9.71. The predicted molar refractivity (Wildman–Crippen MR) is 51.0 cm³/mol. The SMILES string of the molecule is O=C1C(F)=CC(c2ccoc2)CC1=CO. The quantitative estimate of drug-likeness (QED) is 0.570. The molecule has 3 nitrogen and oxygen atoms in total. The molecule has 0 fully saturated rings. The lowest BCUT2D eigenvalue weighted by atomic mass is 9.87. The van der Waals surface area contributed by atoms with Gasteiger partial charge in [-0.25, -0.2) is 4.39 Å². The minimum atomic E-state index is -0.826. The highest BCUT2D eigenvalue weighted by Gasteiger charge is 2.26. The summed E-state index contributed by atoms with van der Waals surface area (Å²) in [6, 6.07) is 1.71. The second-order valence-electron chi connectivity index (χ2n) is 3.37. The van der Waals surface area contributed by atoms with Gasteiger partial charge in [-0.15, -0.1) is 0 Å². The van der Waals surface area contributed by atoms with E-state index >= 15 is 0 Å². The van der Waals surface area contributed by atoms with Crippen LogP contribution in [0.5, 0.6) is 0 Å². The lowest BCUT2D eigenvalue weighted by Gasteiger charge is -2.17. The standard InChI is InChI=1S/C11H9FO3/c12-10-4-8(7-1-2-15-6-7)3-9(5-13)11(10)14/h1-2,4-6,8,13H,3H2. The maximum absolute atomic E-state index is 13.2. The van der Waals surface area contributed by atoms with Gasteiger partial charge in [0.05, 0.1) is 18.8 Å². The normalized spacial score (nSPS) is 24.3. The summed E-state index contributed by atoms with van der Waals surface area (Å²) in [5, 5.41) is 8.79. The van der Waals surface area contributed by atoms with Crippen molar-refractivity contribution in [3.63, 3.8) is 0 Å². The zero-order valence-corrected chi connectivity index (χ0v) is 7.81. The third-order valence-corrected chi connectivity index (χ3v) is 2.42. The molecule has 4 heteroatoms. The first-order chi connectivity index (χ1) is 7.22. The van der Waals surface area contributed by atoms with Crippen molar-refractivity contribution in [3.05, 3.63) is 47.9 Å². The molecule has 1 aromatic heterocycles. The number of aliphatic hydroxyl groups excluding tert-OH is 1. The Kier molecular flexibility index (Phi) is 2.41. The molecule has 0 spiro atoms. The number of carbonyl (C=O) groups excluding carboxylic acids is 1. The molecule has 78 valence electrons. The van der Waals surface area contributed by atoms with E-state index in [-0.39, 0.29) is 11.5 Å². The zero-order chi connectivity index (χ0) is 10.8. The Morgan fingerprint density at radius 3 is 3.00 bits per heavy atom. The van der Waals surface area contributed by atoms with Crippen LogP contribution in [0.4, 0.5) is 4.39 Å². The third kappa shape index (κ3) is 1.70. The average Bonchev–Trinajstić information content (AvgIpc) is 2.75. The molecule has 0 saturated heterocycles. The number of furan rings is 1. The van der Waals surface area contributed by atoms with Gasteiger partial charge in [-0.1, -0.05) is 0 Å². The van der Waals surface area contributed by atoms with Gasteiger partial charge in [0.15, 0.2) is 5.83 Å². The van der Waals surface area contributed by atoms with Crippen LogP contribution >= 0.6 is 0 Å². The van der Waals surface area contributed by atoms with E-state index in [1.807, 2.05) is 0 Å². The molecule has 0 bridgehead atoms. The summed E-state index contributed by atoms with van der Waals surface area (Å²) in [6.07, 6.45) is 5.20. The van der Waals surface area contributed by atoms with Crippen LogP contribution in [0.15, 0.2) is 46.7 Å². The van der Waals surface area contributed by atoms with Gasteiger partial charge >= 0.3 is 0 Å². The lowest BCUT2D eigenvalue weighted by molar-refractivity contribution is -0.114. The maximum atomic E-state index is 13.2. The molecule has 1 N–H and O–H groups in total. The molecule has 0 aliphatic heterocycles. The molecule has 1 aliphatic carbocycles. The maximum Gasteiger partial charge on any atom is 0.220 e. The Balaban J connectivity index is 2.35. The number of hydrogen-bond acceptors (Lipinski definition) is 3. The second kappa shape index (κ2) is 3.73. The van der Waals surface area contributed by atoms with Crippen molar-refractivity contribution in [1.29, 1.82) is 0 Å². The molecule has 0 amide bonds. The summed E-state index contributed by atoms with van der Waals surface area (Å²) in [6.45, 7) is 0. The fraction of sp³-hybridized carbons (Fsp3) is 0.182. The molecule has 0 radical (unpaired) electrons.